The second-order valence-corrected chi connectivity index (χ2v) is 4.88. The number of nitrogens with one attached hydrogen (secondary N) is 1. The van der Waals surface area contributed by atoms with Gasteiger partial charge in [0.1, 0.15) is 0 Å². The lowest BCUT2D eigenvalue weighted by molar-refractivity contribution is -0.135. The molecular formula is C12H24N2O3. The molecule has 5 nitrogen and oxygen atoms in total. The molecule has 17 heavy (non-hydrogen) atoms. The van der Waals surface area contributed by atoms with Crippen molar-refractivity contribution in [1.29, 1.82) is 0 Å². The first-order chi connectivity index (χ1) is 8.06. The number of ether oxygens (including phenoxy) is 1. The van der Waals surface area contributed by atoms with Gasteiger partial charge in [-0.1, -0.05) is 6.92 Å². The standard InChI is InChI=1S/C12H24N2O3/c1-9-5-4-6-13-11(9)12(16)14(2)7-10(15)8-17-3/h9-11,13,15H,4-8H2,1-3H3. The average Bonchev–Trinajstić information content (AvgIpc) is 2.29. The van der Waals surface area contributed by atoms with Gasteiger partial charge in [-0.3, -0.25) is 4.79 Å². The summed E-state index contributed by atoms with van der Waals surface area (Å²) in [6.45, 7) is 3.56. The van der Waals surface area contributed by atoms with Gasteiger partial charge in [-0.25, -0.2) is 0 Å². The molecule has 1 heterocycles. The Morgan fingerprint density at radius 3 is 2.94 bits per heavy atom. The normalized spacial score (nSPS) is 26.6. The average molecular weight is 244 g/mol. The first kappa shape index (κ1) is 14.4. The monoisotopic (exact) mass is 244 g/mol. The number of carbonyl (C=O) groups excluding carboxylic acids is 1. The number of amides is 1. The Morgan fingerprint density at radius 1 is 1.65 bits per heavy atom. The molecule has 0 aromatic rings. The highest BCUT2D eigenvalue weighted by molar-refractivity contribution is 5.82. The molecule has 0 radical (unpaired) electrons. The minimum Gasteiger partial charge on any atom is -0.389 e. The first-order valence-electron chi connectivity index (χ1n) is 6.21. The molecule has 0 bridgehead atoms. The van der Waals surface area contributed by atoms with Crippen LogP contribution in [0, 0.1) is 5.92 Å². The molecule has 0 aromatic heterocycles. The van der Waals surface area contributed by atoms with Crippen LogP contribution in [0.2, 0.25) is 0 Å². The Balaban J connectivity index is 2.44. The Labute approximate surface area is 103 Å². The van der Waals surface area contributed by atoms with Gasteiger partial charge < -0.3 is 20.1 Å². The first-order valence-corrected chi connectivity index (χ1v) is 6.21. The third kappa shape index (κ3) is 4.26. The maximum atomic E-state index is 12.2. The molecule has 1 saturated heterocycles. The number of rotatable bonds is 5. The zero-order chi connectivity index (χ0) is 12.8. The maximum absolute atomic E-state index is 12.2. The molecule has 1 amide bonds. The predicted molar refractivity (Wildman–Crippen MR) is 65.7 cm³/mol. The third-order valence-electron chi connectivity index (χ3n) is 3.26. The number of carbonyl (C=O) groups is 1. The Morgan fingerprint density at radius 2 is 2.35 bits per heavy atom. The molecule has 1 fully saturated rings. The molecule has 0 aliphatic carbocycles. The lowest BCUT2D eigenvalue weighted by atomic mass is 9.92. The molecule has 0 spiro atoms. The molecule has 3 unspecified atom stereocenters. The second-order valence-electron chi connectivity index (χ2n) is 4.88. The van der Waals surface area contributed by atoms with Crippen LogP contribution in [0.5, 0.6) is 0 Å². The summed E-state index contributed by atoms with van der Waals surface area (Å²) in [5.41, 5.74) is 0. The van der Waals surface area contributed by atoms with E-state index in [0.29, 0.717) is 12.5 Å². The summed E-state index contributed by atoms with van der Waals surface area (Å²) in [7, 11) is 3.26. The number of piperidine rings is 1. The molecule has 3 atom stereocenters. The fourth-order valence-electron chi connectivity index (χ4n) is 2.27. The molecule has 0 aromatic carbocycles. The number of likely N-dealkylation sites (N-methyl/N-ethyl adjacent to an activating group) is 1. The quantitative estimate of drug-likeness (QED) is 0.705. The van der Waals surface area contributed by atoms with E-state index in [1.807, 2.05) is 0 Å². The van der Waals surface area contributed by atoms with E-state index in [9.17, 15) is 9.90 Å². The van der Waals surface area contributed by atoms with Crippen molar-refractivity contribution in [3.05, 3.63) is 0 Å². The Hall–Kier alpha value is -0.650. The van der Waals surface area contributed by atoms with Gasteiger partial charge in [0.05, 0.1) is 18.8 Å². The van der Waals surface area contributed by atoms with Crippen molar-refractivity contribution in [2.24, 2.45) is 5.92 Å². The Kier molecular flexibility index (Phi) is 5.88. The van der Waals surface area contributed by atoms with Gasteiger partial charge in [-0.15, -0.1) is 0 Å². The minimum atomic E-state index is -0.618. The van der Waals surface area contributed by atoms with E-state index >= 15 is 0 Å². The maximum Gasteiger partial charge on any atom is 0.239 e. The van der Waals surface area contributed by atoms with Crippen LogP contribution in [0.1, 0.15) is 19.8 Å². The summed E-state index contributed by atoms with van der Waals surface area (Å²) in [5.74, 6) is 0.422. The van der Waals surface area contributed by atoms with Crippen molar-refractivity contribution in [3.63, 3.8) is 0 Å². The zero-order valence-electron chi connectivity index (χ0n) is 11.0. The number of aliphatic hydroxyl groups is 1. The van der Waals surface area contributed by atoms with Gasteiger partial charge in [-0.05, 0) is 25.3 Å². The highest BCUT2D eigenvalue weighted by atomic mass is 16.5. The summed E-state index contributed by atoms with van der Waals surface area (Å²) in [5, 5.41) is 12.8. The van der Waals surface area contributed by atoms with E-state index in [1.165, 1.54) is 7.11 Å². The minimum absolute atomic E-state index is 0.0624. The smallest absolute Gasteiger partial charge is 0.239 e. The molecule has 2 N–H and O–H groups in total. The van der Waals surface area contributed by atoms with Gasteiger partial charge >= 0.3 is 0 Å². The van der Waals surface area contributed by atoms with Crippen LogP contribution in [0.3, 0.4) is 0 Å². The van der Waals surface area contributed by atoms with Gasteiger partial charge in [0.2, 0.25) is 5.91 Å². The molecule has 100 valence electrons. The number of hydrogen-bond acceptors (Lipinski definition) is 4. The number of methoxy groups -OCH3 is 1. The van der Waals surface area contributed by atoms with Crippen LogP contribution in [-0.2, 0) is 9.53 Å². The zero-order valence-corrected chi connectivity index (χ0v) is 11.0. The fourth-order valence-corrected chi connectivity index (χ4v) is 2.27. The van der Waals surface area contributed by atoms with Crippen LogP contribution in [0.4, 0.5) is 0 Å². The molecule has 5 heteroatoms. The fraction of sp³-hybridized carbons (Fsp3) is 0.917. The number of hydrogen-bond donors (Lipinski definition) is 2. The second kappa shape index (κ2) is 6.93. The summed E-state index contributed by atoms with van der Waals surface area (Å²) < 4.78 is 4.85. The van der Waals surface area contributed by atoms with E-state index in [2.05, 4.69) is 12.2 Å². The molecule has 0 saturated carbocycles. The summed E-state index contributed by atoms with van der Waals surface area (Å²) >= 11 is 0. The van der Waals surface area contributed by atoms with Crippen LogP contribution in [0.25, 0.3) is 0 Å². The third-order valence-corrected chi connectivity index (χ3v) is 3.26. The van der Waals surface area contributed by atoms with Crippen molar-refractivity contribution in [3.8, 4) is 0 Å². The predicted octanol–water partition coefficient (Wildman–Crippen LogP) is -0.160. The molecular weight excluding hydrogens is 220 g/mol. The van der Waals surface area contributed by atoms with E-state index in [1.54, 1.807) is 11.9 Å². The summed E-state index contributed by atoms with van der Waals surface area (Å²) in [6.07, 6.45) is 1.59. The van der Waals surface area contributed by atoms with Crippen molar-refractivity contribution in [2.75, 3.05) is 33.9 Å². The summed E-state index contributed by atoms with van der Waals surface area (Å²) in [6, 6.07) is -0.108. The van der Waals surface area contributed by atoms with E-state index < -0.39 is 6.10 Å². The van der Waals surface area contributed by atoms with E-state index in [0.717, 1.165) is 19.4 Å². The number of aliphatic hydroxyl groups excluding tert-OH is 1. The van der Waals surface area contributed by atoms with E-state index in [4.69, 9.17) is 4.74 Å². The highest BCUT2D eigenvalue weighted by Gasteiger charge is 2.30. The highest BCUT2D eigenvalue weighted by Crippen LogP contribution is 2.17. The Bertz CT molecular complexity index is 248. The van der Waals surface area contributed by atoms with Crippen LogP contribution >= 0.6 is 0 Å². The number of nitrogens with zero attached hydrogens (tertiary/aromatic N) is 1. The van der Waals surface area contributed by atoms with Gasteiger partial charge in [0.25, 0.3) is 0 Å². The van der Waals surface area contributed by atoms with Gasteiger partial charge in [0, 0.05) is 20.7 Å². The summed E-state index contributed by atoms with van der Waals surface area (Å²) in [4.78, 5) is 13.7. The lowest BCUT2D eigenvalue weighted by Crippen LogP contribution is -2.52. The van der Waals surface area contributed by atoms with Crippen LogP contribution < -0.4 is 5.32 Å². The van der Waals surface area contributed by atoms with Crippen molar-refractivity contribution in [1.82, 2.24) is 10.2 Å². The SMILES string of the molecule is COCC(O)CN(C)C(=O)C1NCCCC1C. The topological polar surface area (TPSA) is 61.8 Å². The van der Waals surface area contributed by atoms with Crippen molar-refractivity contribution in [2.45, 2.75) is 31.9 Å². The van der Waals surface area contributed by atoms with Crippen LogP contribution in [0.15, 0.2) is 0 Å². The van der Waals surface area contributed by atoms with Gasteiger partial charge in [0.15, 0.2) is 0 Å². The van der Waals surface area contributed by atoms with Crippen molar-refractivity contribution >= 4 is 5.91 Å². The van der Waals surface area contributed by atoms with Gasteiger partial charge in [-0.2, -0.15) is 0 Å². The molecule has 1 rings (SSSR count). The molecule has 1 aliphatic heterocycles. The van der Waals surface area contributed by atoms with E-state index in [-0.39, 0.29) is 18.6 Å². The largest absolute Gasteiger partial charge is 0.389 e. The molecule has 1 aliphatic rings. The van der Waals surface area contributed by atoms with Crippen LogP contribution in [-0.4, -0.2) is 61.9 Å². The van der Waals surface area contributed by atoms with Crippen molar-refractivity contribution < 1.29 is 14.6 Å². The lowest BCUT2D eigenvalue weighted by Gasteiger charge is -2.32.